The fourth-order valence-electron chi connectivity index (χ4n) is 5.53. The van der Waals surface area contributed by atoms with Crippen LogP contribution in [0.2, 0.25) is 0 Å². The molecule has 1 N–H and O–H groups in total. The van der Waals surface area contributed by atoms with Gasteiger partial charge in [0.05, 0.1) is 23.5 Å². The molecule has 2 heterocycles. The minimum atomic E-state index is 0.149. The molecule has 0 amide bonds. The van der Waals surface area contributed by atoms with E-state index in [0.29, 0.717) is 0 Å². The van der Waals surface area contributed by atoms with Gasteiger partial charge in [-0.25, -0.2) is 0 Å². The molecule has 2 unspecified atom stereocenters. The van der Waals surface area contributed by atoms with Gasteiger partial charge in [-0.15, -0.1) is 0 Å². The third-order valence-corrected chi connectivity index (χ3v) is 7.07. The number of rotatable bonds is 2. The quantitative estimate of drug-likeness (QED) is 0.403. The molecule has 3 nitrogen and oxygen atoms in total. The Kier molecular flexibility index (Phi) is 4.37. The summed E-state index contributed by atoms with van der Waals surface area (Å²) in [6.45, 7) is 0.149. The molecule has 2 aliphatic heterocycles. The van der Waals surface area contributed by atoms with E-state index in [9.17, 15) is 0 Å². The number of nitrogens with one attached hydrogen (secondary N) is 1. The first-order valence-electron chi connectivity index (χ1n) is 11.8. The molecular weight excluding hydrogens is 415 g/mol. The molecule has 162 valence electrons. The van der Waals surface area contributed by atoms with Crippen LogP contribution in [0.15, 0.2) is 121 Å². The Morgan fingerprint density at radius 2 is 1.32 bits per heavy atom. The molecule has 2 atom stereocenters. The monoisotopic (exact) mass is 438 g/mol. The molecular formula is C30H23BN2O. The lowest BCUT2D eigenvalue weighted by molar-refractivity contribution is 0.487. The van der Waals surface area contributed by atoms with Gasteiger partial charge in [0.1, 0.15) is 11.5 Å². The average molecular weight is 438 g/mol. The van der Waals surface area contributed by atoms with Crippen LogP contribution in [0.1, 0.15) is 0 Å². The molecule has 4 aromatic carbocycles. The van der Waals surface area contributed by atoms with Crippen LogP contribution in [0, 0.1) is 0 Å². The lowest BCUT2D eigenvalue weighted by Gasteiger charge is -2.43. The maximum Gasteiger partial charge on any atom is 0.250 e. The van der Waals surface area contributed by atoms with E-state index in [0.717, 1.165) is 11.5 Å². The van der Waals surface area contributed by atoms with Crippen molar-refractivity contribution < 1.29 is 4.74 Å². The first kappa shape index (κ1) is 19.3. The molecule has 0 aromatic heterocycles. The van der Waals surface area contributed by atoms with Gasteiger partial charge < -0.3 is 15.0 Å². The summed E-state index contributed by atoms with van der Waals surface area (Å²) >= 11 is 0. The first-order chi connectivity index (χ1) is 16.9. The number of fused-ring (bicyclic) bond motifs is 4. The second-order valence-electron chi connectivity index (χ2n) is 9.02. The summed E-state index contributed by atoms with van der Waals surface area (Å²) in [7, 11) is 0. The molecule has 4 aromatic rings. The van der Waals surface area contributed by atoms with Crippen LogP contribution in [0.5, 0.6) is 11.5 Å². The maximum atomic E-state index is 6.22. The first-order valence-corrected chi connectivity index (χ1v) is 11.8. The second-order valence-corrected chi connectivity index (χ2v) is 9.02. The molecule has 1 aliphatic carbocycles. The van der Waals surface area contributed by atoms with Gasteiger partial charge in [0.25, 0.3) is 6.71 Å². The van der Waals surface area contributed by atoms with Gasteiger partial charge in [-0.3, -0.25) is 0 Å². The van der Waals surface area contributed by atoms with Crippen LogP contribution >= 0.6 is 0 Å². The fraction of sp³-hybridized carbons (Fsp3) is 0.0667. The van der Waals surface area contributed by atoms with Crippen molar-refractivity contribution in [3.63, 3.8) is 0 Å². The Balaban J connectivity index is 1.32. The van der Waals surface area contributed by atoms with Crippen molar-refractivity contribution in [1.29, 1.82) is 0 Å². The maximum absolute atomic E-state index is 6.22. The smallest absolute Gasteiger partial charge is 0.250 e. The minimum Gasteiger partial charge on any atom is -0.458 e. The zero-order valence-corrected chi connectivity index (χ0v) is 18.6. The lowest BCUT2D eigenvalue weighted by Crippen LogP contribution is -2.54. The molecule has 0 saturated heterocycles. The molecule has 4 heteroatoms. The number of para-hydroxylation sites is 4. The number of anilines is 3. The largest absolute Gasteiger partial charge is 0.458 e. The van der Waals surface area contributed by atoms with E-state index in [1.54, 1.807) is 0 Å². The van der Waals surface area contributed by atoms with Gasteiger partial charge in [-0.2, -0.15) is 0 Å². The number of hydrogen-bond acceptors (Lipinski definition) is 3. The van der Waals surface area contributed by atoms with E-state index >= 15 is 0 Å². The second kappa shape index (κ2) is 7.70. The summed E-state index contributed by atoms with van der Waals surface area (Å²) in [5.74, 6) is 1.88. The number of allylic oxidation sites excluding steroid dienone is 2. The number of benzene rings is 4. The Hall–Kier alpha value is -4.18. The van der Waals surface area contributed by atoms with Crippen LogP contribution in [0.25, 0.3) is 0 Å². The standard InChI is InChI=1S/C30H23BN2O/c1-7-15-29-23(9-1)31(24-10-2-8-16-30(24)34-29)21-17-19-22(20-18-21)33-27-13-5-3-11-25(27)32-26-12-4-6-14-28(26)33/h1-20,25,27,32H. The van der Waals surface area contributed by atoms with Crippen LogP contribution in [-0.4, -0.2) is 18.8 Å². The number of nitrogens with zero attached hydrogens (tertiary/aromatic N) is 1. The summed E-state index contributed by atoms with van der Waals surface area (Å²) in [5.41, 5.74) is 7.26. The third kappa shape index (κ3) is 2.99. The van der Waals surface area contributed by atoms with Gasteiger partial charge in [0.15, 0.2) is 0 Å². The van der Waals surface area contributed by atoms with Gasteiger partial charge in [0, 0.05) is 5.69 Å². The molecule has 3 aliphatic rings. The van der Waals surface area contributed by atoms with Crippen molar-refractivity contribution in [2.75, 3.05) is 10.2 Å². The van der Waals surface area contributed by atoms with Crippen LogP contribution < -0.4 is 31.3 Å². The van der Waals surface area contributed by atoms with E-state index < -0.39 is 0 Å². The zero-order valence-electron chi connectivity index (χ0n) is 18.6. The molecule has 0 radical (unpaired) electrons. The summed E-state index contributed by atoms with van der Waals surface area (Å²) in [4.78, 5) is 2.45. The molecule has 0 fully saturated rings. The zero-order chi connectivity index (χ0) is 22.5. The fourth-order valence-corrected chi connectivity index (χ4v) is 5.53. The minimum absolute atomic E-state index is 0.149. The number of hydrogen-bond donors (Lipinski definition) is 1. The lowest BCUT2D eigenvalue weighted by atomic mass is 9.36. The van der Waals surface area contributed by atoms with Crippen molar-refractivity contribution in [2.24, 2.45) is 0 Å². The highest BCUT2D eigenvalue weighted by molar-refractivity contribution is 6.96. The normalized spacial score (nSPS) is 19.3. The molecule has 0 bridgehead atoms. The third-order valence-electron chi connectivity index (χ3n) is 7.07. The van der Waals surface area contributed by atoms with Gasteiger partial charge in [-0.1, -0.05) is 90.4 Å². The van der Waals surface area contributed by atoms with E-state index in [1.807, 2.05) is 12.1 Å². The van der Waals surface area contributed by atoms with E-state index in [1.165, 1.54) is 33.5 Å². The van der Waals surface area contributed by atoms with Crippen molar-refractivity contribution in [3.05, 3.63) is 121 Å². The number of ether oxygens (including phenoxy) is 1. The van der Waals surface area contributed by atoms with E-state index in [4.69, 9.17) is 4.74 Å². The average Bonchev–Trinajstić information content (AvgIpc) is 2.90. The van der Waals surface area contributed by atoms with Gasteiger partial charge >= 0.3 is 0 Å². The van der Waals surface area contributed by atoms with Gasteiger partial charge in [-0.05, 0) is 47.3 Å². The van der Waals surface area contributed by atoms with Crippen molar-refractivity contribution in [2.45, 2.75) is 12.1 Å². The molecule has 0 saturated carbocycles. The van der Waals surface area contributed by atoms with Crippen LogP contribution in [0.3, 0.4) is 0 Å². The topological polar surface area (TPSA) is 24.5 Å². The van der Waals surface area contributed by atoms with E-state index in [2.05, 4.69) is 119 Å². The molecule has 0 spiro atoms. The van der Waals surface area contributed by atoms with Crippen molar-refractivity contribution in [1.82, 2.24) is 0 Å². The highest BCUT2D eigenvalue weighted by Crippen LogP contribution is 2.40. The summed E-state index contributed by atoms with van der Waals surface area (Å²) in [6, 6.07) is 34.9. The highest BCUT2D eigenvalue weighted by atomic mass is 16.5. The Bertz CT molecular complexity index is 1400. The summed E-state index contributed by atoms with van der Waals surface area (Å²) in [5, 5.41) is 3.69. The predicted molar refractivity (Wildman–Crippen MR) is 142 cm³/mol. The van der Waals surface area contributed by atoms with Crippen molar-refractivity contribution >= 4 is 40.2 Å². The molecule has 34 heavy (non-hydrogen) atoms. The highest BCUT2D eigenvalue weighted by Gasteiger charge is 2.34. The SMILES string of the molecule is C1=CC2Nc3ccccc3N(c3ccc(B4c5ccccc5Oc5ccccc54)cc3)C2C=C1. The van der Waals surface area contributed by atoms with Gasteiger partial charge in [0.2, 0.25) is 0 Å². The van der Waals surface area contributed by atoms with E-state index in [-0.39, 0.29) is 18.8 Å². The Morgan fingerprint density at radius 1 is 0.676 bits per heavy atom. The van der Waals surface area contributed by atoms with Crippen molar-refractivity contribution in [3.8, 4) is 11.5 Å². The predicted octanol–water partition coefficient (Wildman–Crippen LogP) is 4.74. The summed E-state index contributed by atoms with van der Waals surface area (Å²) < 4.78 is 6.22. The molecule has 7 rings (SSSR count). The summed E-state index contributed by atoms with van der Waals surface area (Å²) in [6.07, 6.45) is 8.81. The Labute approximate surface area is 200 Å². The van der Waals surface area contributed by atoms with Crippen LogP contribution in [-0.2, 0) is 0 Å². The van der Waals surface area contributed by atoms with Crippen LogP contribution in [0.4, 0.5) is 17.1 Å². The Morgan fingerprint density at radius 3 is 2.09 bits per heavy atom.